The van der Waals surface area contributed by atoms with E-state index in [0.717, 1.165) is 4.68 Å². The van der Waals surface area contributed by atoms with Crippen molar-refractivity contribution in [1.29, 1.82) is 0 Å². The molecule has 0 fully saturated rings. The van der Waals surface area contributed by atoms with Crippen LogP contribution >= 0.6 is 23.8 Å². The van der Waals surface area contributed by atoms with Gasteiger partial charge in [0.05, 0.1) is 26.0 Å². The molecule has 0 aromatic carbocycles. The number of methoxy groups -OCH3 is 2. The molecule has 0 spiro atoms. The second kappa shape index (κ2) is 7.37. The van der Waals surface area contributed by atoms with Crippen LogP contribution in [0, 0.1) is 6.92 Å². The van der Waals surface area contributed by atoms with Crippen LogP contribution in [0.5, 0.6) is 11.8 Å². The van der Waals surface area contributed by atoms with Crippen molar-refractivity contribution in [1.82, 2.24) is 24.5 Å². The Morgan fingerprint density at radius 3 is 2.28 bits per heavy atom. The molecular formula is C12H15ClN6O4S2. The molecule has 0 saturated carbocycles. The molecule has 0 aliphatic heterocycles. The number of aryl methyl sites for hydroxylation is 2. The van der Waals surface area contributed by atoms with E-state index in [1.165, 1.54) is 27.3 Å². The smallest absolute Gasteiger partial charge is 0.282 e. The van der Waals surface area contributed by atoms with Crippen molar-refractivity contribution in [2.45, 2.75) is 11.9 Å². The third-order valence-corrected chi connectivity index (χ3v) is 5.25. The van der Waals surface area contributed by atoms with Gasteiger partial charge in [-0.05, 0) is 19.1 Å². The fourth-order valence-corrected chi connectivity index (χ4v) is 3.92. The summed E-state index contributed by atoms with van der Waals surface area (Å²) in [6.45, 7) is 1.59. The number of hydrogen-bond donors (Lipinski definition) is 2. The zero-order valence-electron chi connectivity index (χ0n) is 13.7. The van der Waals surface area contributed by atoms with Gasteiger partial charge in [-0.3, -0.25) is 9.40 Å². The van der Waals surface area contributed by atoms with E-state index in [1.807, 2.05) is 0 Å². The van der Waals surface area contributed by atoms with Gasteiger partial charge in [0.25, 0.3) is 10.0 Å². The molecule has 0 aliphatic rings. The number of nitrogens with one attached hydrogen (secondary N) is 2. The predicted molar refractivity (Wildman–Crippen MR) is 94.6 cm³/mol. The maximum Gasteiger partial charge on any atom is 0.282 e. The number of thiocarbonyl (C=S) groups is 1. The Morgan fingerprint density at radius 2 is 1.84 bits per heavy atom. The Labute approximate surface area is 154 Å². The quantitative estimate of drug-likeness (QED) is 0.696. The van der Waals surface area contributed by atoms with Gasteiger partial charge < -0.3 is 14.8 Å². The van der Waals surface area contributed by atoms with Crippen LogP contribution < -0.4 is 19.5 Å². The monoisotopic (exact) mass is 406 g/mol. The van der Waals surface area contributed by atoms with Crippen LogP contribution in [0.2, 0.25) is 5.02 Å². The van der Waals surface area contributed by atoms with Gasteiger partial charge in [0, 0.05) is 7.05 Å². The first kappa shape index (κ1) is 19.1. The van der Waals surface area contributed by atoms with Crippen LogP contribution in [0.4, 0.5) is 5.95 Å². The van der Waals surface area contributed by atoms with Crippen molar-refractivity contribution in [2.75, 3.05) is 19.5 Å². The van der Waals surface area contributed by atoms with Gasteiger partial charge in [-0.1, -0.05) is 11.6 Å². The lowest BCUT2D eigenvalue weighted by Gasteiger charge is -2.11. The van der Waals surface area contributed by atoms with Crippen LogP contribution in [-0.4, -0.2) is 47.5 Å². The molecule has 0 bridgehead atoms. The zero-order valence-corrected chi connectivity index (χ0v) is 16.1. The second-order valence-electron chi connectivity index (χ2n) is 4.66. The number of rotatable bonds is 5. The van der Waals surface area contributed by atoms with E-state index >= 15 is 0 Å². The van der Waals surface area contributed by atoms with Crippen LogP contribution in [0.15, 0.2) is 11.1 Å². The molecule has 2 rings (SSSR count). The number of anilines is 1. The Balaban J connectivity index is 2.22. The fraction of sp³-hybridized carbons (Fsp3) is 0.333. The highest BCUT2D eigenvalue weighted by molar-refractivity contribution is 7.92. The van der Waals surface area contributed by atoms with Gasteiger partial charge >= 0.3 is 0 Å². The number of sulfonamides is 1. The molecule has 2 N–H and O–H groups in total. The number of ether oxygens (including phenoxy) is 2. The summed E-state index contributed by atoms with van der Waals surface area (Å²) in [5, 5.41) is 6.05. The largest absolute Gasteiger partial charge is 0.481 e. The number of hydrogen-bond acceptors (Lipinski definition) is 8. The molecule has 0 aliphatic carbocycles. The molecular weight excluding hydrogens is 392 g/mol. The molecule has 136 valence electrons. The molecule has 25 heavy (non-hydrogen) atoms. The average molecular weight is 407 g/mol. The van der Waals surface area contributed by atoms with Crippen molar-refractivity contribution in [3.63, 3.8) is 0 Å². The van der Waals surface area contributed by atoms with E-state index < -0.39 is 10.0 Å². The summed E-state index contributed by atoms with van der Waals surface area (Å²) in [5.41, 5.74) is 0.379. The van der Waals surface area contributed by atoms with Crippen LogP contribution in [0.3, 0.4) is 0 Å². The molecule has 0 atom stereocenters. The van der Waals surface area contributed by atoms with Gasteiger partial charge in [-0.2, -0.15) is 23.5 Å². The minimum absolute atomic E-state index is 0.00353. The highest BCUT2D eigenvalue weighted by atomic mass is 35.5. The Bertz CT molecular complexity index is 892. The number of halogens is 1. The van der Waals surface area contributed by atoms with E-state index in [4.69, 9.17) is 33.3 Å². The maximum atomic E-state index is 12.5. The first-order valence-corrected chi connectivity index (χ1v) is 8.95. The second-order valence-corrected chi connectivity index (χ2v) is 7.05. The van der Waals surface area contributed by atoms with Gasteiger partial charge in [0.1, 0.15) is 5.02 Å². The summed E-state index contributed by atoms with van der Waals surface area (Å²) < 4.78 is 38.2. The third kappa shape index (κ3) is 4.27. The first-order chi connectivity index (χ1) is 11.7. The lowest BCUT2D eigenvalue weighted by Crippen LogP contribution is -2.35. The summed E-state index contributed by atoms with van der Waals surface area (Å²) in [4.78, 5) is 7.98. The minimum atomic E-state index is -4.05. The van der Waals surface area contributed by atoms with Crippen LogP contribution in [0.1, 0.15) is 5.69 Å². The van der Waals surface area contributed by atoms with E-state index in [0.29, 0.717) is 5.69 Å². The summed E-state index contributed by atoms with van der Waals surface area (Å²) in [6.07, 6.45) is 0. The summed E-state index contributed by atoms with van der Waals surface area (Å²) in [5.74, 6) is 0.423. The van der Waals surface area contributed by atoms with E-state index in [-0.39, 0.29) is 32.9 Å². The lowest BCUT2D eigenvalue weighted by molar-refractivity contribution is 0.373. The normalized spacial score (nSPS) is 11.1. The van der Waals surface area contributed by atoms with Gasteiger partial charge in [-0.25, -0.2) is 0 Å². The minimum Gasteiger partial charge on any atom is -0.481 e. The molecule has 0 radical (unpaired) electrons. The lowest BCUT2D eigenvalue weighted by atomic mass is 10.5. The molecule has 2 heterocycles. The van der Waals surface area contributed by atoms with E-state index in [9.17, 15) is 8.42 Å². The molecule has 0 unspecified atom stereocenters. The molecule has 2 aromatic heterocycles. The fourth-order valence-electron chi connectivity index (χ4n) is 1.87. The molecule has 10 nitrogen and oxygen atoms in total. The molecule has 0 saturated heterocycles. The first-order valence-electron chi connectivity index (χ1n) is 6.68. The van der Waals surface area contributed by atoms with Crippen molar-refractivity contribution in [3.05, 3.63) is 16.8 Å². The predicted octanol–water partition coefficient (Wildman–Crippen LogP) is 0.864. The van der Waals surface area contributed by atoms with Gasteiger partial charge in [-0.15, -0.1) is 0 Å². The average Bonchev–Trinajstić information content (AvgIpc) is 2.79. The van der Waals surface area contributed by atoms with Gasteiger partial charge in [0.15, 0.2) is 10.1 Å². The number of nitrogens with zero attached hydrogens (tertiary/aromatic N) is 4. The molecule has 2 aromatic rings. The van der Waals surface area contributed by atoms with Crippen molar-refractivity contribution in [3.8, 4) is 11.8 Å². The maximum absolute atomic E-state index is 12.5. The Morgan fingerprint density at radius 1 is 1.28 bits per heavy atom. The number of aromatic nitrogens is 4. The van der Waals surface area contributed by atoms with Crippen LogP contribution in [0.25, 0.3) is 0 Å². The standard InChI is InChI=1S/C12H15ClN6O4S2/c1-6-9(13)10(19(2)17-6)25(20,21)18-12(24)16-11-14-7(22-3)5-8(15-11)23-4/h5H,1-4H3,(H2,14,15,16,18,24). The van der Waals surface area contributed by atoms with E-state index in [1.54, 1.807) is 6.92 Å². The topological polar surface area (TPSA) is 120 Å². The highest BCUT2D eigenvalue weighted by Gasteiger charge is 2.26. The zero-order chi connectivity index (χ0) is 18.8. The third-order valence-electron chi connectivity index (χ3n) is 2.90. The van der Waals surface area contributed by atoms with E-state index in [2.05, 4.69) is 25.1 Å². The van der Waals surface area contributed by atoms with Crippen LogP contribution in [-0.2, 0) is 17.1 Å². The summed E-state index contributed by atoms with van der Waals surface area (Å²) in [6, 6.07) is 1.45. The molecule has 0 amide bonds. The Kier molecular flexibility index (Phi) is 5.65. The summed E-state index contributed by atoms with van der Waals surface area (Å²) in [7, 11) is 0.236. The SMILES string of the molecule is COc1cc(OC)nc(NC(=S)NS(=O)(=O)c2c(Cl)c(C)nn2C)n1. The summed E-state index contributed by atoms with van der Waals surface area (Å²) >= 11 is 11.0. The van der Waals surface area contributed by atoms with Gasteiger partial charge in [0.2, 0.25) is 17.7 Å². The molecule has 13 heteroatoms. The highest BCUT2D eigenvalue weighted by Crippen LogP contribution is 2.24. The van der Waals surface area contributed by atoms with Crippen molar-refractivity contribution < 1.29 is 17.9 Å². The Hall–Kier alpha value is -2.18. The van der Waals surface area contributed by atoms with Crippen molar-refractivity contribution in [2.24, 2.45) is 7.05 Å². The van der Waals surface area contributed by atoms with Crippen molar-refractivity contribution >= 4 is 44.9 Å².